The fourth-order valence-electron chi connectivity index (χ4n) is 1.27. The van der Waals surface area contributed by atoms with Crippen molar-refractivity contribution in [1.29, 1.82) is 0 Å². The third-order valence-corrected chi connectivity index (χ3v) is 2.87. The number of rotatable bonds is 3. The summed E-state index contributed by atoms with van der Waals surface area (Å²) >= 11 is 7.17. The molecule has 0 unspecified atom stereocenters. The molecule has 2 aromatic heterocycles. The summed E-state index contributed by atoms with van der Waals surface area (Å²) in [5, 5.41) is 2.10. The van der Waals surface area contributed by atoms with Crippen LogP contribution in [0.2, 0.25) is 5.15 Å². The lowest BCUT2D eigenvalue weighted by Gasteiger charge is -2.14. The maximum Gasteiger partial charge on any atom is 0.274 e. The summed E-state index contributed by atoms with van der Waals surface area (Å²) in [5.74, 6) is -0.229. The quantitative estimate of drug-likeness (QED) is 0.853. The van der Waals surface area contributed by atoms with Crippen LogP contribution in [0.4, 0.5) is 0 Å². The molecule has 0 bridgehead atoms. The molecular formula is C10H9ClN4OS. The molecule has 0 atom stereocenters. The fraction of sp³-hybridized carbons (Fsp3) is 0.200. The number of aromatic nitrogens is 3. The first-order valence-corrected chi connectivity index (χ1v) is 6.09. The third-order valence-electron chi connectivity index (χ3n) is 2.05. The van der Waals surface area contributed by atoms with Crippen LogP contribution in [0.5, 0.6) is 0 Å². The van der Waals surface area contributed by atoms with Gasteiger partial charge in [-0.15, -0.1) is 11.3 Å². The molecule has 2 rings (SSSR count). The minimum Gasteiger partial charge on any atom is -0.334 e. The van der Waals surface area contributed by atoms with E-state index in [1.165, 1.54) is 28.6 Å². The Bertz CT molecular complexity index is 517. The first-order valence-electron chi connectivity index (χ1n) is 4.77. The first-order chi connectivity index (χ1) is 8.16. The Morgan fingerprint density at radius 3 is 3.00 bits per heavy atom. The number of hydrogen-bond acceptors (Lipinski definition) is 5. The smallest absolute Gasteiger partial charge is 0.274 e. The zero-order valence-electron chi connectivity index (χ0n) is 9.00. The molecule has 5 nitrogen and oxygen atoms in total. The average molecular weight is 269 g/mol. The molecule has 0 saturated carbocycles. The highest BCUT2D eigenvalue weighted by molar-refractivity contribution is 7.07. The van der Waals surface area contributed by atoms with Gasteiger partial charge in [0.15, 0.2) is 0 Å². The molecule has 0 N–H and O–H groups in total. The van der Waals surface area contributed by atoms with Crippen LogP contribution in [0.1, 0.15) is 16.2 Å². The Hall–Kier alpha value is -1.53. The second-order valence-corrected chi connectivity index (χ2v) is 4.47. The average Bonchev–Trinajstić information content (AvgIpc) is 2.80. The molecule has 0 fully saturated rings. The van der Waals surface area contributed by atoms with Crippen molar-refractivity contribution in [2.24, 2.45) is 0 Å². The summed E-state index contributed by atoms with van der Waals surface area (Å²) in [7, 11) is 1.68. The summed E-state index contributed by atoms with van der Waals surface area (Å²) in [6.07, 6.45) is 2.78. The van der Waals surface area contributed by atoms with Gasteiger partial charge in [0.2, 0.25) is 0 Å². The van der Waals surface area contributed by atoms with Gasteiger partial charge in [0.1, 0.15) is 10.8 Å². The van der Waals surface area contributed by atoms with Gasteiger partial charge in [-0.25, -0.2) is 9.97 Å². The van der Waals surface area contributed by atoms with Crippen molar-refractivity contribution in [3.8, 4) is 0 Å². The Morgan fingerprint density at radius 1 is 1.53 bits per heavy atom. The van der Waals surface area contributed by atoms with Crippen molar-refractivity contribution < 1.29 is 4.79 Å². The molecule has 0 aliphatic carbocycles. The number of thiazole rings is 1. The Kier molecular flexibility index (Phi) is 3.65. The maximum absolute atomic E-state index is 12.0. The third kappa shape index (κ3) is 2.98. The summed E-state index contributed by atoms with van der Waals surface area (Å²) in [6.45, 7) is 0.441. The largest absolute Gasteiger partial charge is 0.334 e. The Morgan fingerprint density at radius 2 is 2.35 bits per heavy atom. The Labute approximate surface area is 107 Å². The van der Waals surface area contributed by atoms with Gasteiger partial charge >= 0.3 is 0 Å². The number of hydrogen-bond donors (Lipinski definition) is 0. The molecule has 88 valence electrons. The van der Waals surface area contributed by atoms with E-state index in [1.807, 2.05) is 5.38 Å². The van der Waals surface area contributed by atoms with Gasteiger partial charge in [0, 0.05) is 12.4 Å². The van der Waals surface area contributed by atoms with Crippen LogP contribution in [0, 0.1) is 0 Å². The standard InChI is InChI=1S/C10H9ClN4OS/c1-15(4-7-5-17-6-13-7)10(16)8-2-12-3-9(11)14-8/h2-3,5-6H,4H2,1H3. The van der Waals surface area contributed by atoms with Crippen molar-refractivity contribution in [1.82, 2.24) is 19.9 Å². The SMILES string of the molecule is CN(Cc1cscn1)C(=O)c1cncc(Cl)n1. The molecule has 0 radical (unpaired) electrons. The van der Waals surface area contributed by atoms with E-state index in [-0.39, 0.29) is 16.8 Å². The molecule has 1 amide bonds. The second kappa shape index (κ2) is 5.20. The summed E-state index contributed by atoms with van der Waals surface area (Å²) in [4.78, 5) is 25.3. The molecule has 17 heavy (non-hydrogen) atoms. The monoisotopic (exact) mass is 268 g/mol. The minimum absolute atomic E-state index is 0.206. The van der Waals surface area contributed by atoms with E-state index >= 15 is 0 Å². The van der Waals surface area contributed by atoms with E-state index in [4.69, 9.17) is 11.6 Å². The minimum atomic E-state index is -0.229. The van der Waals surface area contributed by atoms with Crippen LogP contribution in [0.3, 0.4) is 0 Å². The van der Waals surface area contributed by atoms with Crippen LogP contribution in [-0.2, 0) is 6.54 Å². The van der Waals surface area contributed by atoms with Crippen LogP contribution < -0.4 is 0 Å². The van der Waals surface area contributed by atoms with Crippen LogP contribution in [0.25, 0.3) is 0 Å². The van der Waals surface area contributed by atoms with E-state index in [1.54, 1.807) is 12.6 Å². The van der Waals surface area contributed by atoms with E-state index in [0.29, 0.717) is 6.54 Å². The molecule has 7 heteroatoms. The highest BCUT2D eigenvalue weighted by atomic mass is 35.5. The van der Waals surface area contributed by atoms with Crippen LogP contribution in [-0.4, -0.2) is 32.8 Å². The number of halogens is 1. The molecule has 0 aliphatic rings. The van der Waals surface area contributed by atoms with Gasteiger partial charge < -0.3 is 4.90 Å². The van der Waals surface area contributed by atoms with Crippen molar-refractivity contribution in [2.45, 2.75) is 6.54 Å². The normalized spacial score (nSPS) is 10.2. The zero-order valence-corrected chi connectivity index (χ0v) is 10.6. The second-order valence-electron chi connectivity index (χ2n) is 3.37. The van der Waals surface area contributed by atoms with Crippen LogP contribution >= 0.6 is 22.9 Å². The van der Waals surface area contributed by atoms with Crippen molar-refractivity contribution >= 4 is 28.8 Å². The van der Waals surface area contributed by atoms with Gasteiger partial charge in [-0.05, 0) is 0 Å². The highest BCUT2D eigenvalue weighted by Gasteiger charge is 2.14. The first kappa shape index (κ1) is 11.9. The lowest BCUT2D eigenvalue weighted by Crippen LogP contribution is -2.27. The molecule has 2 heterocycles. The number of nitrogens with zero attached hydrogens (tertiary/aromatic N) is 4. The predicted octanol–water partition coefficient (Wildman–Crippen LogP) is 1.86. The van der Waals surface area contributed by atoms with Crippen molar-refractivity contribution in [3.05, 3.63) is 39.8 Å². The lowest BCUT2D eigenvalue weighted by atomic mass is 10.3. The van der Waals surface area contributed by atoms with E-state index in [9.17, 15) is 4.79 Å². The summed E-state index contributed by atoms with van der Waals surface area (Å²) < 4.78 is 0. The topological polar surface area (TPSA) is 59.0 Å². The summed E-state index contributed by atoms with van der Waals surface area (Å²) in [5.41, 5.74) is 2.81. The maximum atomic E-state index is 12.0. The summed E-state index contributed by atoms with van der Waals surface area (Å²) in [6, 6.07) is 0. The van der Waals surface area contributed by atoms with E-state index in [0.717, 1.165) is 5.69 Å². The molecule has 0 spiro atoms. The molecule has 0 saturated heterocycles. The number of carbonyl (C=O) groups is 1. The highest BCUT2D eigenvalue weighted by Crippen LogP contribution is 2.08. The van der Waals surface area contributed by atoms with Gasteiger partial charge in [-0.3, -0.25) is 9.78 Å². The molecular weight excluding hydrogens is 260 g/mol. The van der Waals surface area contributed by atoms with Gasteiger partial charge in [0.25, 0.3) is 5.91 Å². The predicted molar refractivity (Wildman–Crippen MR) is 65.0 cm³/mol. The van der Waals surface area contributed by atoms with Gasteiger partial charge in [-0.1, -0.05) is 11.6 Å². The van der Waals surface area contributed by atoms with Crippen molar-refractivity contribution in [3.63, 3.8) is 0 Å². The van der Waals surface area contributed by atoms with Crippen LogP contribution in [0.15, 0.2) is 23.3 Å². The Balaban J connectivity index is 2.09. The van der Waals surface area contributed by atoms with E-state index in [2.05, 4.69) is 15.0 Å². The van der Waals surface area contributed by atoms with E-state index < -0.39 is 0 Å². The molecule has 0 aliphatic heterocycles. The number of amides is 1. The van der Waals surface area contributed by atoms with Gasteiger partial charge in [0.05, 0.1) is 30.1 Å². The van der Waals surface area contributed by atoms with Crippen molar-refractivity contribution in [2.75, 3.05) is 7.05 Å². The zero-order chi connectivity index (χ0) is 12.3. The molecule has 2 aromatic rings. The van der Waals surface area contributed by atoms with Gasteiger partial charge in [-0.2, -0.15) is 0 Å². The number of carbonyl (C=O) groups excluding carboxylic acids is 1. The fourth-order valence-corrected chi connectivity index (χ4v) is 1.97. The molecule has 0 aromatic carbocycles. The lowest BCUT2D eigenvalue weighted by molar-refractivity contribution is 0.0777.